The van der Waals surface area contributed by atoms with Crippen LogP contribution in [-0.2, 0) is 17.9 Å². The lowest BCUT2D eigenvalue weighted by atomic mass is 10.2. The predicted molar refractivity (Wildman–Crippen MR) is 92.8 cm³/mol. The molecule has 2 heterocycles. The molecule has 0 saturated carbocycles. The van der Waals surface area contributed by atoms with Gasteiger partial charge < -0.3 is 9.30 Å². The molecule has 1 aromatic carbocycles. The molecule has 2 aromatic heterocycles. The highest BCUT2D eigenvalue weighted by molar-refractivity contribution is 5.91. The fourth-order valence-corrected chi connectivity index (χ4v) is 2.74. The number of aromatic nitrogens is 2. The van der Waals surface area contributed by atoms with E-state index in [4.69, 9.17) is 4.74 Å². The Balaban J connectivity index is 1.75. The number of hydrogen-bond acceptors (Lipinski definition) is 3. The molecule has 0 fully saturated rings. The lowest BCUT2D eigenvalue weighted by Crippen LogP contribution is -2.09. The van der Waals surface area contributed by atoms with E-state index in [9.17, 15) is 9.18 Å². The lowest BCUT2D eigenvalue weighted by molar-refractivity contribution is 0.0468. The molecule has 0 aliphatic heterocycles. The molecule has 0 spiro atoms. The topological polar surface area (TPSA) is 44.1 Å². The second-order valence-electron chi connectivity index (χ2n) is 5.86. The number of halogens is 1. The Morgan fingerprint density at radius 2 is 1.92 bits per heavy atom. The Kier molecular flexibility index (Phi) is 4.93. The van der Waals surface area contributed by atoms with Gasteiger partial charge in [0.2, 0.25) is 0 Å². The van der Waals surface area contributed by atoms with Crippen molar-refractivity contribution in [2.24, 2.45) is 0 Å². The number of nitrogens with zero attached hydrogens (tertiary/aromatic N) is 2. The average molecular weight is 338 g/mol. The van der Waals surface area contributed by atoms with Crippen LogP contribution in [0, 0.1) is 19.7 Å². The van der Waals surface area contributed by atoms with Crippen molar-refractivity contribution in [2.75, 3.05) is 0 Å². The van der Waals surface area contributed by atoms with Crippen molar-refractivity contribution in [3.8, 4) is 0 Å². The third-order valence-corrected chi connectivity index (χ3v) is 4.16. The number of pyridine rings is 1. The summed E-state index contributed by atoms with van der Waals surface area (Å²) in [5.74, 6) is -0.834. The number of aryl methyl sites for hydroxylation is 1. The van der Waals surface area contributed by atoms with Crippen molar-refractivity contribution in [1.82, 2.24) is 9.55 Å². The van der Waals surface area contributed by atoms with Gasteiger partial charge in [0.25, 0.3) is 0 Å². The number of esters is 1. The highest BCUT2D eigenvalue weighted by atomic mass is 19.1. The molecule has 0 saturated heterocycles. The molecule has 0 aliphatic rings. The third-order valence-electron chi connectivity index (χ3n) is 4.16. The largest absolute Gasteiger partial charge is 0.457 e. The van der Waals surface area contributed by atoms with E-state index in [0.717, 1.165) is 17.1 Å². The van der Waals surface area contributed by atoms with Crippen LogP contribution in [-0.4, -0.2) is 15.5 Å². The molecule has 4 nitrogen and oxygen atoms in total. The maximum absolute atomic E-state index is 13.6. The van der Waals surface area contributed by atoms with Crippen molar-refractivity contribution in [1.29, 1.82) is 0 Å². The van der Waals surface area contributed by atoms with Crippen LogP contribution in [0.25, 0.3) is 0 Å². The SMILES string of the molecule is Cc1cc(C(=O)OCc2ccccc2F)c(C)n1Cc1ccccn1. The average Bonchev–Trinajstić information content (AvgIpc) is 2.90. The molecule has 25 heavy (non-hydrogen) atoms. The van der Waals surface area contributed by atoms with Crippen molar-refractivity contribution in [2.45, 2.75) is 27.0 Å². The first-order valence-electron chi connectivity index (χ1n) is 8.03. The zero-order valence-electron chi connectivity index (χ0n) is 14.2. The molecule has 0 unspecified atom stereocenters. The first-order valence-corrected chi connectivity index (χ1v) is 8.03. The van der Waals surface area contributed by atoms with E-state index < -0.39 is 5.97 Å². The summed E-state index contributed by atoms with van der Waals surface area (Å²) in [5.41, 5.74) is 3.51. The summed E-state index contributed by atoms with van der Waals surface area (Å²) >= 11 is 0. The van der Waals surface area contributed by atoms with Gasteiger partial charge in [0.15, 0.2) is 0 Å². The van der Waals surface area contributed by atoms with Crippen molar-refractivity contribution < 1.29 is 13.9 Å². The zero-order valence-corrected chi connectivity index (χ0v) is 14.2. The zero-order chi connectivity index (χ0) is 17.8. The first kappa shape index (κ1) is 16.9. The maximum Gasteiger partial charge on any atom is 0.340 e. The van der Waals surface area contributed by atoms with Crippen LogP contribution in [0.15, 0.2) is 54.7 Å². The van der Waals surface area contributed by atoms with E-state index in [1.165, 1.54) is 6.07 Å². The van der Waals surface area contributed by atoms with Gasteiger partial charge in [-0.25, -0.2) is 9.18 Å². The van der Waals surface area contributed by atoms with E-state index in [1.54, 1.807) is 30.5 Å². The molecule has 0 amide bonds. The number of ether oxygens (including phenoxy) is 1. The van der Waals surface area contributed by atoms with E-state index >= 15 is 0 Å². The number of hydrogen-bond donors (Lipinski definition) is 0. The van der Waals surface area contributed by atoms with Crippen LogP contribution >= 0.6 is 0 Å². The number of carbonyl (C=O) groups is 1. The molecule has 0 bridgehead atoms. The second kappa shape index (κ2) is 7.30. The molecule has 0 atom stereocenters. The fourth-order valence-electron chi connectivity index (χ4n) is 2.74. The van der Waals surface area contributed by atoms with Crippen LogP contribution in [0.5, 0.6) is 0 Å². The highest BCUT2D eigenvalue weighted by Crippen LogP contribution is 2.18. The summed E-state index contributed by atoms with van der Waals surface area (Å²) in [6, 6.07) is 13.8. The highest BCUT2D eigenvalue weighted by Gasteiger charge is 2.18. The summed E-state index contributed by atoms with van der Waals surface area (Å²) < 4.78 is 20.9. The standard InChI is InChI=1S/C20H19FN2O2/c1-14-11-18(15(2)23(14)12-17-8-5-6-10-22-17)20(24)25-13-16-7-3-4-9-19(16)21/h3-11H,12-13H2,1-2H3. The van der Waals surface area contributed by atoms with Gasteiger partial charge in [-0.15, -0.1) is 0 Å². The molecule has 5 heteroatoms. The summed E-state index contributed by atoms with van der Waals surface area (Å²) in [5, 5.41) is 0. The van der Waals surface area contributed by atoms with Gasteiger partial charge in [0.05, 0.1) is 17.8 Å². The van der Waals surface area contributed by atoms with E-state index in [1.807, 2.05) is 36.6 Å². The Labute approximate surface area is 145 Å². The third kappa shape index (κ3) is 3.76. The summed E-state index contributed by atoms with van der Waals surface area (Å²) in [7, 11) is 0. The van der Waals surface area contributed by atoms with Gasteiger partial charge in [0.1, 0.15) is 12.4 Å². The summed E-state index contributed by atoms with van der Waals surface area (Å²) in [4.78, 5) is 16.7. The summed E-state index contributed by atoms with van der Waals surface area (Å²) in [6.45, 7) is 4.30. The van der Waals surface area contributed by atoms with Gasteiger partial charge in [-0.3, -0.25) is 4.98 Å². The van der Waals surface area contributed by atoms with Gasteiger partial charge >= 0.3 is 5.97 Å². The van der Waals surface area contributed by atoms with E-state index in [0.29, 0.717) is 17.7 Å². The van der Waals surface area contributed by atoms with Crippen LogP contribution in [0.3, 0.4) is 0 Å². The normalized spacial score (nSPS) is 10.7. The van der Waals surface area contributed by atoms with Crippen LogP contribution in [0.2, 0.25) is 0 Å². The minimum Gasteiger partial charge on any atom is -0.457 e. The maximum atomic E-state index is 13.6. The molecule has 0 N–H and O–H groups in total. The van der Waals surface area contributed by atoms with Crippen molar-refractivity contribution >= 4 is 5.97 Å². The molecule has 128 valence electrons. The molecule has 3 rings (SSSR count). The van der Waals surface area contributed by atoms with Crippen LogP contribution in [0.4, 0.5) is 4.39 Å². The Hall–Kier alpha value is -2.95. The van der Waals surface area contributed by atoms with Gasteiger partial charge in [-0.2, -0.15) is 0 Å². The van der Waals surface area contributed by atoms with Crippen LogP contribution < -0.4 is 0 Å². The summed E-state index contributed by atoms with van der Waals surface area (Å²) in [6.07, 6.45) is 1.74. The monoisotopic (exact) mass is 338 g/mol. The van der Waals surface area contributed by atoms with E-state index in [2.05, 4.69) is 4.98 Å². The molecular formula is C20H19FN2O2. The Morgan fingerprint density at radius 1 is 1.16 bits per heavy atom. The number of carbonyl (C=O) groups excluding carboxylic acids is 1. The lowest BCUT2D eigenvalue weighted by Gasteiger charge is -2.09. The number of rotatable bonds is 5. The van der Waals surface area contributed by atoms with Crippen LogP contribution in [0.1, 0.15) is 33.0 Å². The van der Waals surface area contributed by atoms with Gasteiger partial charge in [-0.05, 0) is 38.1 Å². The molecule has 0 aliphatic carbocycles. The Bertz CT molecular complexity index is 888. The smallest absolute Gasteiger partial charge is 0.340 e. The fraction of sp³-hybridized carbons (Fsp3) is 0.200. The minimum atomic E-state index is -0.455. The number of benzene rings is 1. The second-order valence-corrected chi connectivity index (χ2v) is 5.86. The minimum absolute atomic E-state index is 0.0879. The molecular weight excluding hydrogens is 319 g/mol. The molecule has 0 radical (unpaired) electrons. The van der Waals surface area contributed by atoms with E-state index in [-0.39, 0.29) is 12.4 Å². The molecule has 3 aromatic rings. The first-order chi connectivity index (χ1) is 12.1. The van der Waals surface area contributed by atoms with Crippen molar-refractivity contribution in [3.63, 3.8) is 0 Å². The predicted octanol–water partition coefficient (Wildman–Crippen LogP) is 4.04. The van der Waals surface area contributed by atoms with Gasteiger partial charge in [0, 0.05) is 23.1 Å². The van der Waals surface area contributed by atoms with Crippen molar-refractivity contribution in [3.05, 3.63) is 88.8 Å². The van der Waals surface area contributed by atoms with Gasteiger partial charge in [-0.1, -0.05) is 24.3 Å². The quantitative estimate of drug-likeness (QED) is 0.659. The Morgan fingerprint density at radius 3 is 2.64 bits per heavy atom.